The Morgan fingerprint density at radius 2 is 1.57 bits per heavy atom. The number of nitrogens with one attached hydrogen (secondary N) is 1. The van der Waals surface area contributed by atoms with Crippen LogP contribution in [0.15, 0.2) is 97.6 Å². The van der Waals surface area contributed by atoms with Crippen LogP contribution in [0, 0.1) is 12.3 Å². The summed E-state index contributed by atoms with van der Waals surface area (Å²) in [5.41, 5.74) is 0.578. The van der Waals surface area contributed by atoms with Crippen LogP contribution in [0.1, 0.15) is 50.1 Å². The van der Waals surface area contributed by atoms with Gasteiger partial charge in [0.2, 0.25) is 5.60 Å². The van der Waals surface area contributed by atoms with E-state index in [9.17, 15) is 5.11 Å². The number of hydrogen-bond donors (Lipinski definition) is 2. The molecule has 240 valence electrons. The molecule has 0 spiro atoms. The van der Waals surface area contributed by atoms with Crippen molar-refractivity contribution in [1.29, 1.82) is 0 Å². The normalized spacial score (nSPS) is 24.9. The number of ether oxygens (including phenoxy) is 4. The lowest BCUT2D eigenvalue weighted by Gasteiger charge is -2.37. The zero-order valence-electron chi connectivity index (χ0n) is 26.8. The number of fused-ring (bicyclic) bond motifs is 2. The summed E-state index contributed by atoms with van der Waals surface area (Å²) < 4.78 is 26.6. The van der Waals surface area contributed by atoms with E-state index >= 15 is 0 Å². The minimum atomic E-state index is -1.35. The molecule has 7 rings (SSSR count). The molecule has 2 aliphatic rings. The van der Waals surface area contributed by atoms with Gasteiger partial charge < -0.3 is 29.4 Å². The number of aliphatic hydroxyl groups is 1. The topological polar surface area (TPSA) is 113 Å². The summed E-state index contributed by atoms with van der Waals surface area (Å²) in [7, 11) is 1.65. The smallest absolute Gasteiger partial charge is 0.205 e. The van der Waals surface area contributed by atoms with Crippen molar-refractivity contribution in [1.82, 2.24) is 19.5 Å². The predicted octanol–water partition coefficient (Wildman–Crippen LogP) is 5.43. The average molecular weight is 632 g/mol. The first-order chi connectivity index (χ1) is 22.8. The Bertz CT molecular complexity index is 1880. The molecule has 2 aliphatic heterocycles. The average Bonchev–Trinajstić information content (AvgIpc) is 3.75. The number of terminal acetylenes is 1. The number of aromatic nitrogens is 4. The van der Waals surface area contributed by atoms with Gasteiger partial charge in [-0.2, -0.15) is 0 Å². The molecule has 5 aromatic rings. The van der Waals surface area contributed by atoms with Crippen LogP contribution >= 0.6 is 0 Å². The lowest BCUT2D eigenvalue weighted by Crippen LogP contribution is -2.50. The second kappa shape index (κ2) is 11.5. The Morgan fingerprint density at radius 1 is 0.936 bits per heavy atom. The molecule has 4 atom stereocenters. The monoisotopic (exact) mass is 631 g/mol. The van der Waals surface area contributed by atoms with E-state index in [0.717, 1.165) is 22.4 Å². The van der Waals surface area contributed by atoms with E-state index in [4.69, 9.17) is 35.3 Å². The predicted molar refractivity (Wildman–Crippen MR) is 177 cm³/mol. The maximum absolute atomic E-state index is 10.6. The third kappa shape index (κ3) is 4.69. The molecule has 10 nitrogen and oxygen atoms in total. The van der Waals surface area contributed by atoms with Crippen LogP contribution in [-0.4, -0.2) is 61.4 Å². The zero-order valence-corrected chi connectivity index (χ0v) is 26.8. The van der Waals surface area contributed by atoms with Gasteiger partial charge in [-0.05, 0) is 49.1 Å². The van der Waals surface area contributed by atoms with Crippen molar-refractivity contribution in [3.8, 4) is 18.1 Å². The molecule has 0 aliphatic carbocycles. The highest BCUT2D eigenvalue weighted by molar-refractivity contribution is 5.84. The molecule has 0 saturated carbocycles. The van der Waals surface area contributed by atoms with Gasteiger partial charge in [-0.3, -0.25) is 4.57 Å². The first kappa shape index (κ1) is 30.8. The summed E-state index contributed by atoms with van der Waals surface area (Å²) in [5.74, 6) is 3.08. The summed E-state index contributed by atoms with van der Waals surface area (Å²) in [6.45, 7) is 5.24. The summed E-state index contributed by atoms with van der Waals surface area (Å²) in [4.78, 5) is 14.2. The van der Waals surface area contributed by atoms with Crippen molar-refractivity contribution in [2.45, 2.75) is 62.1 Å². The molecule has 2 N–H and O–H groups in total. The lowest BCUT2D eigenvalue weighted by molar-refractivity contribution is -0.234. The van der Waals surface area contributed by atoms with Crippen LogP contribution in [0.3, 0.4) is 0 Å². The quantitative estimate of drug-likeness (QED) is 0.162. The van der Waals surface area contributed by atoms with Gasteiger partial charge in [0, 0.05) is 0 Å². The Morgan fingerprint density at radius 3 is 2.15 bits per heavy atom. The van der Waals surface area contributed by atoms with Crippen molar-refractivity contribution in [2.24, 2.45) is 0 Å². The summed E-state index contributed by atoms with van der Waals surface area (Å²) in [6, 6.07) is 28.4. The van der Waals surface area contributed by atoms with Crippen LogP contribution in [0.4, 0.5) is 5.82 Å². The molecular formula is C37H37N5O5. The Kier molecular flexibility index (Phi) is 7.53. The highest BCUT2D eigenvalue weighted by Gasteiger charge is 2.71. The number of imidazole rings is 1. The van der Waals surface area contributed by atoms with Gasteiger partial charge in [0.15, 0.2) is 29.0 Å². The van der Waals surface area contributed by atoms with Crippen LogP contribution in [0.2, 0.25) is 0 Å². The van der Waals surface area contributed by atoms with Gasteiger partial charge in [-0.15, -0.1) is 6.42 Å². The number of benzene rings is 3. The maximum Gasteiger partial charge on any atom is 0.205 e. The molecule has 3 aromatic carbocycles. The minimum Gasteiger partial charge on any atom is -0.497 e. The highest BCUT2D eigenvalue weighted by Crippen LogP contribution is 2.56. The fourth-order valence-electron chi connectivity index (χ4n) is 7.07. The molecule has 0 bridgehead atoms. The number of aliphatic hydroxyl groups excluding tert-OH is 1. The van der Waals surface area contributed by atoms with Crippen molar-refractivity contribution in [3.63, 3.8) is 0 Å². The lowest BCUT2D eigenvalue weighted by atomic mass is 9.77. The molecule has 4 heterocycles. The molecular weight excluding hydrogens is 594 g/mol. The van der Waals surface area contributed by atoms with E-state index in [1.807, 2.05) is 67.6 Å². The summed E-state index contributed by atoms with van der Waals surface area (Å²) >= 11 is 0. The highest BCUT2D eigenvalue weighted by atomic mass is 16.8. The van der Waals surface area contributed by atoms with Gasteiger partial charge in [-0.25, -0.2) is 15.0 Å². The van der Waals surface area contributed by atoms with Crippen LogP contribution < -0.4 is 10.1 Å². The third-order valence-corrected chi connectivity index (χ3v) is 9.34. The van der Waals surface area contributed by atoms with Gasteiger partial charge >= 0.3 is 0 Å². The first-order valence-corrected chi connectivity index (χ1v) is 15.6. The molecule has 0 amide bonds. The van der Waals surface area contributed by atoms with Crippen molar-refractivity contribution < 1.29 is 24.1 Å². The Balaban J connectivity index is 1.41. The number of rotatable bonds is 9. The third-order valence-electron chi connectivity index (χ3n) is 9.34. The van der Waals surface area contributed by atoms with E-state index in [-0.39, 0.29) is 6.61 Å². The van der Waals surface area contributed by atoms with Crippen molar-refractivity contribution in [2.75, 3.05) is 19.0 Å². The van der Waals surface area contributed by atoms with Crippen LogP contribution in [-0.2, 0) is 19.7 Å². The van der Waals surface area contributed by atoms with E-state index in [2.05, 4.69) is 40.5 Å². The van der Waals surface area contributed by atoms with Crippen molar-refractivity contribution in [3.05, 3.63) is 114 Å². The van der Waals surface area contributed by atoms with Gasteiger partial charge in [0.05, 0.1) is 20.0 Å². The minimum absolute atomic E-state index is 0.305. The SMILES string of the molecule is C#C[C@@]12OC(C)(C)O[C@@H]1[C@](CC)(CO)OC2n1cnc2c(NC(c3ccccc3)(c3ccccc3)c3ccc(OC)cc3)ncnc21. The fraction of sp³-hybridized carbons (Fsp3) is 0.324. The largest absolute Gasteiger partial charge is 0.497 e. The van der Waals surface area contributed by atoms with Gasteiger partial charge in [0.25, 0.3) is 0 Å². The Hall–Kier alpha value is -4.79. The van der Waals surface area contributed by atoms with Crippen LogP contribution in [0.25, 0.3) is 11.2 Å². The van der Waals surface area contributed by atoms with Gasteiger partial charge in [0.1, 0.15) is 29.3 Å². The van der Waals surface area contributed by atoms with E-state index in [1.165, 1.54) is 6.33 Å². The number of anilines is 1. The maximum atomic E-state index is 10.6. The van der Waals surface area contributed by atoms with Crippen molar-refractivity contribution >= 4 is 17.0 Å². The summed E-state index contributed by atoms with van der Waals surface area (Å²) in [5, 5.41) is 14.4. The molecule has 47 heavy (non-hydrogen) atoms. The molecule has 2 fully saturated rings. The standard InChI is InChI=1S/C37H37N5O5/c1-6-35(22-43)32-36(7-2,47-34(3,4)45-32)33(46-35)42-24-40-29-30(38-23-39-31(29)42)41-37(25-14-10-8-11-15-25,26-16-12-9-13-17-26)27-18-20-28(44-5)21-19-27/h2,8-21,23-24,32-33,43H,6,22H2,1,3-5H3,(H,38,39,41)/t32-,33?,35+,36-/m1/s1. The van der Waals surface area contributed by atoms with E-state index in [0.29, 0.717) is 23.4 Å². The molecule has 0 radical (unpaired) electrons. The molecule has 2 saturated heterocycles. The molecule has 10 heteroatoms. The van der Waals surface area contributed by atoms with Crippen LogP contribution in [0.5, 0.6) is 5.75 Å². The Labute approximate surface area is 273 Å². The number of hydrogen-bond acceptors (Lipinski definition) is 9. The number of methoxy groups -OCH3 is 1. The second-order valence-corrected chi connectivity index (χ2v) is 12.4. The second-order valence-electron chi connectivity index (χ2n) is 12.4. The van der Waals surface area contributed by atoms with Gasteiger partial charge in [-0.1, -0.05) is 85.6 Å². The first-order valence-electron chi connectivity index (χ1n) is 15.6. The molecule has 2 aromatic heterocycles. The van der Waals surface area contributed by atoms with E-state index < -0.39 is 34.9 Å². The fourth-order valence-corrected chi connectivity index (χ4v) is 7.07. The number of nitrogens with zero attached hydrogens (tertiary/aromatic N) is 4. The van der Waals surface area contributed by atoms with E-state index in [1.54, 1.807) is 31.9 Å². The molecule has 1 unspecified atom stereocenters. The summed E-state index contributed by atoms with van der Waals surface area (Å²) in [6.07, 6.45) is 8.16. The zero-order chi connectivity index (χ0) is 32.9.